The zero-order valence-electron chi connectivity index (χ0n) is 19.7. The largest absolute Gasteiger partial charge is 0.438 e. The Morgan fingerprint density at radius 3 is 2.29 bits per heavy atom. The summed E-state index contributed by atoms with van der Waals surface area (Å²) in [7, 11) is 0. The van der Waals surface area contributed by atoms with Crippen LogP contribution in [0.1, 0.15) is 42.6 Å². The average molecular weight is 488 g/mol. The number of carbonyl (C=O) groups is 1. The first-order valence-electron chi connectivity index (χ1n) is 11.7. The number of nitrogens with one attached hydrogen (secondary N) is 1. The second kappa shape index (κ2) is 9.50. The highest BCUT2D eigenvalue weighted by Gasteiger charge is 2.42. The number of anilines is 1. The lowest BCUT2D eigenvalue weighted by atomic mass is 9.78. The quantitative estimate of drug-likeness (QED) is 0.351. The molecule has 0 spiro atoms. The molecule has 1 fully saturated rings. The molecule has 1 saturated carbocycles. The average Bonchev–Trinajstić information content (AvgIpc) is 3.48. The van der Waals surface area contributed by atoms with Gasteiger partial charge < -0.3 is 10.1 Å². The number of ether oxygens (including phenoxy) is 1. The highest BCUT2D eigenvalue weighted by Crippen LogP contribution is 2.42. The van der Waals surface area contributed by atoms with Gasteiger partial charge >= 0.3 is 0 Å². The van der Waals surface area contributed by atoms with Crippen molar-refractivity contribution in [1.29, 1.82) is 0 Å². The molecule has 0 atom stereocenters. The van der Waals surface area contributed by atoms with Gasteiger partial charge in [-0.1, -0.05) is 36.6 Å². The molecular weight excluding hydrogens is 462 g/mol. The van der Waals surface area contributed by atoms with E-state index < -0.39 is 5.41 Å². The minimum absolute atomic E-state index is 0.0107. The molecule has 2 heterocycles. The summed E-state index contributed by atoms with van der Waals surface area (Å²) in [4.78, 5) is 13.4. The molecule has 7 nitrogen and oxygen atoms in total. The van der Waals surface area contributed by atoms with E-state index in [-0.39, 0.29) is 5.91 Å². The molecule has 0 unspecified atom stereocenters. The normalized spacial score (nSPS) is 14.6. The number of hydrogen-bond acceptors (Lipinski definition) is 5. The highest BCUT2D eigenvalue weighted by atomic mass is 35.5. The second-order valence-corrected chi connectivity index (χ2v) is 9.38. The van der Waals surface area contributed by atoms with Crippen molar-refractivity contribution in [3.05, 3.63) is 88.7 Å². The molecule has 5 rings (SSSR count). The molecule has 0 saturated heterocycles. The van der Waals surface area contributed by atoms with Crippen LogP contribution >= 0.6 is 11.6 Å². The second-order valence-electron chi connectivity index (χ2n) is 8.95. The Morgan fingerprint density at radius 2 is 1.69 bits per heavy atom. The Hall–Kier alpha value is -3.71. The van der Waals surface area contributed by atoms with Crippen LogP contribution in [0.15, 0.2) is 66.7 Å². The Balaban J connectivity index is 1.26. The number of rotatable bonds is 6. The van der Waals surface area contributed by atoms with Gasteiger partial charge in [-0.15, -0.1) is 10.2 Å². The summed E-state index contributed by atoms with van der Waals surface area (Å²) in [5.74, 6) is 1.61. The van der Waals surface area contributed by atoms with Gasteiger partial charge in [-0.3, -0.25) is 4.79 Å². The van der Waals surface area contributed by atoms with Gasteiger partial charge in [0.1, 0.15) is 5.75 Å². The Morgan fingerprint density at radius 1 is 0.971 bits per heavy atom. The number of nitrogens with zero attached hydrogens (tertiary/aromatic N) is 4. The third-order valence-electron chi connectivity index (χ3n) is 6.48. The summed E-state index contributed by atoms with van der Waals surface area (Å²) >= 11 is 6.06. The van der Waals surface area contributed by atoms with Crippen molar-refractivity contribution in [2.24, 2.45) is 0 Å². The molecule has 0 bridgehead atoms. The van der Waals surface area contributed by atoms with Crippen molar-refractivity contribution >= 4 is 23.2 Å². The van der Waals surface area contributed by atoms with Crippen LogP contribution in [0.4, 0.5) is 5.69 Å². The van der Waals surface area contributed by atoms with Crippen LogP contribution in [0, 0.1) is 13.8 Å². The molecule has 8 heteroatoms. The lowest BCUT2D eigenvalue weighted by Gasteiger charge is -2.28. The number of hydrogen-bond donors (Lipinski definition) is 1. The summed E-state index contributed by atoms with van der Waals surface area (Å²) < 4.78 is 7.58. The Labute approximate surface area is 209 Å². The van der Waals surface area contributed by atoms with Crippen molar-refractivity contribution < 1.29 is 9.53 Å². The van der Waals surface area contributed by atoms with E-state index in [1.165, 1.54) is 0 Å². The molecular formula is C27H26ClN5O2. The lowest BCUT2D eigenvalue weighted by molar-refractivity contribution is -0.121. The van der Waals surface area contributed by atoms with E-state index in [1.807, 2.05) is 62.4 Å². The monoisotopic (exact) mass is 487 g/mol. The molecule has 2 aromatic heterocycles. The molecule has 2 aromatic carbocycles. The van der Waals surface area contributed by atoms with Gasteiger partial charge in [-0.05, 0) is 80.8 Å². The summed E-state index contributed by atoms with van der Waals surface area (Å²) in [6, 6.07) is 20.4. The smallest absolute Gasteiger partial charge is 0.238 e. The van der Waals surface area contributed by atoms with Crippen LogP contribution in [-0.2, 0) is 10.2 Å². The van der Waals surface area contributed by atoms with E-state index in [0.29, 0.717) is 28.2 Å². The van der Waals surface area contributed by atoms with Crippen LogP contribution in [0.3, 0.4) is 0 Å². The van der Waals surface area contributed by atoms with E-state index in [9.17, 15) is 4.79 Å². The Bertz CT molecular complexity index is 1330. The van der Waals surface area contributed by atoms with Crippen molar-refractivity contribution in [2.75, 3.05) is 5.32 Å². The van der Waals surface area contributed by atoms with E-state index in [4.69, 9.17) is 16.3 Å². The highest BCUT2D eigenvalue weighted by molar-refractivity contribution is 6.30. The first-order chi connectivity index (χ1) is 16.9. The molecule has 178 valence electrons. The standard InChI is InChI=1S/C27H26ClN5O2/c1-18-17-19(2)33(32-18)24-13-14-25(31-30-24)35-23-11-9-22(10-12-23)29-26(34)27(15-3-4-16-27)20-5-7-21(28)8-6-20/h5-14,17H,3-4,15-16H2,1-2H3,(H,29,34). The van der Waals surface area contributed by atoms with E-state index in [1.54, 1.807) is 22.9 Å². The van der Waals surface area contributed by atoms with Gasteiger partial charge in [0.15, 0.2) is 5.82 Å². The maximum atomic E-state index is 13.4. The molecule has 0 aliphatic heterocycles. The summed E-state index contributed by atoms with van der Waals surface area (Å²) in [5, 5.41) is 16.6. The van der Waals surface area contributed by atoms with Crippen LogP contribution in [0.25, 0.3) is 5.82 Å². The van der Waals surface area contributed by atoms with Gasteiger partial charge in [0, 0.05) is 22.5 Å². The number of amides is 1. The van der Waals surface area contributed by atoms with Gasteiger partial charge in [-0.2, -0.15) is 5.10 Å². The first kappa shape index (κ1) is 23.1. The zero-order valence-corrected chi connectivity index (χ0v) is 20.4. The molecule has 35 heavy (non-hydrogen) atoms. The lowest BCUT2D eigenvalue weighted by Crippen LogP contribution is -2.37. The summed E-state index contributed by atoms with van der Waals surface area (Å²) in [5.41, 5.74) is 3.11. The van der Waals surface area contributed by atoms with Gasteiger partial charge in [0.25, 0.3) is 0 Å². The molecule has 1 amide bonds. The first-order valence-corrected chi connectivity index (χ1v) is 12.0. The minimum Gasteiger partial charge on any atom is -0.438 e. The number of benzene rings is 2. The van der Waals surface area contributed by atoms with Gasteiger partial charge in [0.05, 0.1) is 11.1 Å². The third-order valence-corrected chi connectivity index (χ3v) is 6.73. The maximum Gasteiger partial charge on any atom is 0.238 e. The SMILES string of the molecule is Cc1cc(C)n(-c2ccc(Oc3ccc(NC(=O)C4(c5ccc(Cl)cc5)CCCC4)cc3)nn2)n1. The fourth-order valence-corrected chi connectivity index (χ4v) is 4.84. The summed E-state index contributed by atoms with van der Waals surface area (Å²) in [6.07, 6.45) is 3.71. The van der Waals surface area contributed by atoms with Gasteiger partial charge in [-0.25, -0.2) is 4.68 Å². The van der Waals surface area contributed by atoms with E-state index in [2.05, 4.69) is 20.6 Å². The molecule has 1 aliphatic carbocycles. The topological polar surface area (TPSA) is 81.9 Å². The number of carbonyl (C=O) groups excluding carboxylic acids is 1. The van der Waals surface area contributed by atoms with Crippen molar-refractivity contribution in [1.82, 2.24) is 20.0 Å². The van der Waals surface area contributed by atoms with Crippen LogP contribution in [0.5, 0.6) is 11.6 Å². The molecule has 1 N–H and O–H groups in total. The Kier molecular flexibility index (Phi) is 6.26. The minimum atomic E-state index is -0.525. The van der Waals surface area contributed by atoms with Crippen LogP contribution in [-0.4, -0.2) is 25.9 Å². The predicted molar refractivity (Wildman–Crippen MR) is 135 cm³/mol. The number of halogens is 1. The molecule has 0 radical (unpaired) electrons. The maximum absolute atomic E-state index is 13.4. The molecule has 4 aromatic rings. The zero-order chi connectivity index (χ0) is 24.4. The third kappa shape index (κ3) is 4.77. The predicted octanol–water partition coefficient (Wildman–Crippen LogP) is 6.18. The van der Waals surface area contributed by atoms with Crippen molar-refractivity contribution in [3.8, 4) is 17.4 Å². The van der Waals surface area contributed by atoms with Crippen LogP contribution in [0.2, 0.25) is 5.02 Å². The number of aromatic nitrogens is 4. The van der Waals surface area contributed by atoms with E-state index >= 15 is 0 Å². The van der Waals surface area contributed by atoms with Gasteiger partial charge in [0.2, 0.25) is 11.8 Å². The fourth-order valence-electron chi connectivity index (χ4n) is 4.71. The van der Waals surface area contributed by atoms with Crippen molar-refractivity contribution in [3.63, 3.8) is 0 Å². The fraction of sp³-hybridized carbons (Fsp3) is 0.259. The van der Waals surface area contributed by atoms with Crippen molar-refractivity contribution in [2.45, 2.75) is 44.9 Å². The summed E-state index contributed by atoms with van der Waals surface area (Å²) in [6.45, 7) is 3.90. The van der Waals surface area contributed by atoms with Crippen LogP contribution < -0.4 is 10.1 Å². The van der Waals surface area contributed by atoms with E-state index in [0.717, 1.165) is 42.6 Å². The molecule has 1 aliphatic rings. The number of aryl methyl sites for hydroxylation is 2.